The average Bonchev–Trinajstić information content (AvgIpc) is 3.02. The van der Waals surface area contributed by atoms with Crippen molar-refractivity contribution in [2.24, 2.45) is 0 Å². The summed E-state index contributed by atoms with van der Waals surface area (Å²) in [5.41, 5.74) is 3.12. The van der Waals surface area contributed by atoms with Crippen LogP contribution < -0.4 is 10.6 Å². The third-order valence-electron chi connectivity index (χ3n) is 4.75. The predicted octanol–water partition coefficient (Wildman–Crippen LogP) is 3.46. The number of benzene rings is 1. The van der Waals surface area contributed by atoms with E-state index in [-0.39, 0.29) is 11.9 Å². The number of aromatic amines is 1. The van der Waals surface area contributed by atoms with Crippen molar-refractivity contribution in [3.63, 3.8) is 0 Å². The van der Waals surface area contributed by atoms with Gasteiger partial charge in [-0.1, -0.05) is 0 Å². The molecule has 0 saturated carbocycles. The number of carboxylic acids is 1. The zero-order chi connectivity index (χ0) is 22.6. The molecule has 4 rings (SSSR count). The van der Waals surface area contributed by atoms with E-state index in [1.807, 2.05) is 12.3 Å². The Kier molecular flexibility index (Phi) is 6.74. The van der Waals surface area contributed by atoms with Gasteiger partial charge in [0, 0.05) is 48.3 Å². The number of H-pyrrole nitrogens is 1. The average molecular weight is 439 g/mol. The van der Waals surface area contributed by atoms with Crippen LogP contribution in [0.5, 0.6) is 0 Å². The molecule has 166 valence electrons. The summed E-state index contributed by atoms with van der Waals surface area (Å²) >= 11 is 0. The maximum Gasteiger partial charge on any atom is 0.490 e. The molecule has 7 nitrogen and oxygen atoms in total. The van der Waals surface area contributed by atoms with Gasteiger partial charge in [-0.15, -0.1) is 0 Å². The first-order valence-corrected chi connectivity index (χ1v) is 9.49. The zero-order valence-corrected chi connectivity index (χ0v) is 16.5. The van der Waals surface area contributed by atoms with E-state index in [4.69, 9.17) is 9.90 Å². The molecule has 0 aliphatic carbocycles. The molecular weight excluding hydrogens is 418 g/mol. The highest BCUT2D eigenvalue weighted by molar-refractivity contribution is 5.83. The lowest BCUT2D eigenvalue weighted by Crippen LogP contribution is -2.40. The number of nitrogens with zero attached hydrogens (tertiary/aromatic N) is 2. The molecule has 0 spiro atoms. The first kappa shape index (κ1) is 22.5. The SMILES string of the molecule is CC(Cc1c[nH]c2ccc(F)cc12)Nc1nccc(C2CNC2)n1.O=C(O)C(F)(F)F. The second kappa shape index (κ2) is 9.29. The summed E-state index contributed by atoms with van der Waals surface area (Å²) in [7, 11) is 0. The Balaban J connectivity index is 0.000000339. The molecule has 31 heavy (non-hydrogen) atoms. The van der Waals surface area contributed by atoms with Gasteiger partial charge in [0.25, 0.3) is 0 Å². The van der Waals surface area contributed by atoms with Crippen LogP contribution in [0.3, 0.4) is 0 Å². The van der Waals surface area contributed by atoms with Crippen molar-refractivity contribution in [2.45, 2.75) is 31.5 Å². The van der Waals surface area contributed by atoms with Crippen LogP contribution in [0, 0.1) is 5.82 Å². The number of carboxylic acid groups (broad SMARTS) is 1. The number of hydrogen-bond donors (Lipinski definition) is 4. The van der Waals surface area contributed by atoms with Crippen LogP contribution >= 0.6 is 0 Å². The molecule has 1 aliphatic rings. The second-order valence-corrected chi connectivity index (χ2v) is 7.22. The van der Waals surface area contributed by atoms with Crippen molar-refractivity contribution in [2.75, 3.05) is 18.4 Å². The molecule has 1 atom stereocenters. The van der Waals surface area contributed by atoms with Crippen LogP contribution in [0.25, 0.3) is 10.9 Å². The Bertz CT molecular complexity index is 1050. The smallest absolute Gasteiger partial charge is 0.475 e. The molecule has 1 aromatic carbocycles. The van der Waals surface area contributed by atoms with Gasteiger partial charge in [0.1, 0.15) is 5.82 Å². The highest BCUT2D eigenvalue weighted by Crippen LogP contribution is 2.22. The van der Waals surface area contributed by atoms with Gasteiger partial charge >= 0.3 is 12.1 Å². The molecule has 4 N–H and O–H groups in total. The van der Waals surface area contributed by atoms with Gasteiger partial charge in [-0.05, 0) is 43.2 Å². The van der Waals surface area contributed by atoms with Gasteiger partial charge in [-0.25, -0.2) is 19.2 Å². The Morgan fingerprint density at radius 3 is 2.65 bits per heavy atom. The largest absolute Gasteiger partial charge is 0.490 e. The molecule has 0 amide bonds. The minimum absolute atomic E-state index is 0.141. The summed E-state index contributed by atoms with van der Waals surface area (Å²) in [6.07, 6.45) is -0.571. The molecule has 0 bridgehead atoms. The molecule has 2 aromatic heterocycles. The third-order valence-corrected chi connectivity index (χ3v) is 4.75. The van der Waals surface area contributed by atoms with Gasteiger partial charge in [0.05, 0.1) is 5.69 Å². The number of alkyl halides is 3. The van der Waals surface area contributed by atoms with Crippen LogP contribution in [0.2, 0.25) is 0 Å². The number of nitrogens with one attached hydrogen (secondary N) is 3. The van der Waals surface area contributed by atoms with E-state index in [9.17, 15) is 17.6 Å². The number of anilines is 1. The van der Waals surface area contributed by atoms with Crippen molar-refractivity contribution < 1.29 is 27.5 Å². The van der Waals surface area contributed by atoms with E-state index in [0.717, 1.165) is 41.7 Å². The molecule has 1 saturated heterocycles. The molecule has 3 aromatic rings. The van der Waals surface area contributed by atoms with E-state index >= 15 is 0 Å². The summed E-state index contributed by atoms with van der Waals surface area (Å²) in [5, 5.41) is 14.7. The van der Waals surface area contributed by atoms with Gasteiger partial charge in [-0.2, -0.15) is 13.2 Å². The van der Waals surface area contributed by atoms with Crippen molar-refractivity contribution in [1.29, 1.82) is 0 Å². The lowest BCUT2D eigenvalue weighted by atomic mass is 9.99. The summed E-state index contributed by atoms with van der Waals surface area (Å²) in [6, 6.07) is 6.94. The van der Waals surface area contributed by atoms with Crippen LogP contribution in [0.15, 0.2) is 36.7 Å². The molecule has 1 fully saturated rings. The standard InChI is InChI=1S/C18H20FN5.C2HF3O2/c1-11(6-12-10-22-17-3-2-14(19)7-15(12)17)23-18-21-5-4-16(24-18)13-8-20-9-13;3-2(4,5)1(6)7/h2-5,7,10-11,13,20,22H,6,8-9H2,1H3,(H,21,23,24);(H,6,7). The number of aliphatic carboxylic acids is 1. The fraction of sp³-hybridized carbons (Fsp3) is 0.350. The van der Waals surface area contributed by atoms with E-state index in [1.165, 1.54) is 6.07 Å². The predicted molar refractivity (Wildman–Crippen MR) is 106 cm³/mol. The van der Waals surface area contributed by atoms with E-state index in [2.05, 4.69) is 32.5 Å². The normalized spacial score (nSPS) is 15.0. The zero-order valence-electron chi connectivity index (χ0n) is 16.5. The lowest BCUT2D eigenvalue weighted by Gasteiger charge is -2.26. The minimum atomic E-state index is -5.08. The number of halogens is 4. The van der Waals surface area contributed by atoms with Gasteiger partial charge in [0.2, 0.25) is 5.95 Å². The highest BCUT2D eigenvalue weighted by Gasteiger charge is 2.38. The van der Waals surface area contributed by atoms with Crippen molar-refractivity contribution in [3.05, 3.63) is 53.7 Å². The third kappa shape index (κ3) is 5.91. The van der Waals surface area contributed by atoms with Crippen molar-refractivity contribution >= 4 is 22.8 Å². The van der Waals surface area contributed by atoms with Crippen LogP contribution in [-0.4, -0.2) is 51.3 Å². The summed E-state index contributed by atoms with van der Waals surface area (Å²) < 4.78 is 45.2. The molecule has 1 aliphatic heterocycles. The quantitative estimate of drug-likeness (QED) is 0.454. The monoisotopic (exact) mass is 439 g/mol. The Hall–Kier alpha value is -3.21. The van der Waals surface area contributed by atoms with Crippen LogP contribution in [-0.2, 0) is 11.2 Å². The van der Waals surface area contributed by atoms with E-state index < -0.39 is 12.1 Å². The minimum Gasteiger partial charge on any atom is -0.475 e. The number of hydrogen-bond acceptors (Lipinski definition) is 5. The molecule has 11 heteroatoms. The second-order valence-electron chi connectivity index (χ2n) is 7.22. The molecular formula is C20H21F4N5O2. The lowest BCUT2D eigenvalue weighted by molar-refractivity contribution is -0.192. The fourth-order valence-corrected chi connectivity index (χ4v) is 3.09. The van der Waals surface area contributed by atoms with Crippen LogP contribution in [0.1, 0.15) is 24.1 Å². The highest BCUT2D eigenvalue weighted by atomic mass is 19.4. The topological polar surface area (TPSA) is 103 Å². The maximum atomic E-state index is 13.5. The van der Waals surface area contributed by atoms with Gasteiger partial charge < -0.3 is 20.7 Å². The Morgan fingerprint density at radius 2 is 2.03 bits per heavy atom. The maximum absolute atomic E-state index is 13.5. The summed E-state index contributed by atoms with van der Waals surface area (Å²) in [5.74, 6) is -1.83. The molecule has 1 unspecified atom stereocenters. The first-order chi connectivity index (χ1) is 14.6. The summed E-state index contributed by atoms with van der Waals surface area (Å²) in [4.78, 5) is 21.0. The number of carbonyl (C=O) groups is 1. The fourth-order valence-electron chi connectivity index (χ4n) is 3.09. The molecule has 0 radical (unpaired) electrons. The Labute approximate surface area is 174 Å². The van der Waals surface area contributed by atoms with Gasteiger partial charge in [0.15, 0.2) is 0 Å². The summed E-state index contributed by atoms with van der Waals surface area (Å²) in [6.45, 7) is 4.04. The Morgan fingerprint density at radius 1 is 1.32 bits per heavy atom. The number of aromatic nitrogens is 3. The van der Waals surface area contributed by atoms with Crippen molar-refractivity contribution in [1.82, 2.24) is 20.3 Å². The van der Waals surface area contributed by atoms with E-state index in [0.29, 0.717) is 11.9 Å². The first-order valence-electron chi connectivity index (χ1n) is 9.49. The van der Waals surface area contributed by atoms with E-state index in [1.54, 1.807) is 18.3 Å². The van der Waals surface area contributed by atoms with Crippen molar-refractivity contribution in [3.8, 4) is 0 Å². The van der Waals surface area contributed by atoms with Gasteiger partial charge in [-0.3, -0.25) is 0 Å². The number of rotatable bonds is 5. The molecule has 3 heterocycles. The number of fused-ring (bicyclic) bond motifs is 1. The van der Waals surface area contributed by atoms with Crippen LogP contribution in [0.4, 0.5) is 23.5 Å².